The van der Waals surface area contributed by atoms with Gasteiger partial charge in [0.15, 0.2) is 0 Å². The molecule has 6 rings (SSSR count). The molecule has 1 aliphatic rings. The quantitative estimate of drug-likeness (QED) is 0.473. The zero-order valence-corrected chi connectivity index (χ0v) is 15.6. The number of hydrogen-bond donors (Lipinski definition) is 0. The van der Waals surface area contributed by atoms with Gasteiger partial charge in [-0.15, -0.1) is 0 Å². The molecular formula is C23H17N5O. The van der Waals surface area contributed by atoms with Crippen LogP contribution in [0.1, 0.15) is 18.9 Å². The van der Waals surface area contributed by atoms with Crippen LogP contribution in [-0.4, -0.2) is 24.3 Å². The van der Waals surface area contributed by atoms with Crippen molar-refractivity contribution in [2.45, 2.75) is 18.9 Å². The van der Waals surface area contributed by atoms with Gasteiger partial charge < -0.3 is 4.57 Å². The average molecular weight is 379 g/mol. The Morgan fingerprint density at radius 2 is 1.79 bits per heavy atom. The second kappa shape index (κ2) is 6.10. The van der Waals surface area contributed by atoms with E-state index in [4.69, 9.17) is 0 Å². The first-order valence-electron chi connectivity index (χ1n) is 9.69. The van der Waals surface area contributed by atoms with Gasteiger partial charge in [0.25, 0.3) is 11.5 Å². The summed E-state index contributed by atoms with van der Waals surface area (Å²) in [6.45, 7) is 0. The van der Waals surface area contributed by atoms with Gasteiger partial charge in [-0.1, -0.05) is 18.2 Å². The van der Waals surface area contributed by atoms with Crippen LogP contribution in [0.3, 0.4) is 0 Å². The Labute approximate surface area is 166 Å². The fourth-order valence-corrected chi connectivity index (χ4v) is 3.97. The molecule has 0 saturated heterocycles. The van der Waals surface area contributed by atoms with E-state index in [1.165, 1.54) is 34.0 Å². The van der Waals surface area contributed by atoms with Crippen molar-refractivity contribution >= 4 is 21.7 Å². The molecule has 0 N–H and O–H groups in total. The monoisotopic (exact) mass is 379 g/mol. The molecule has 1 saturated carbocycles. The Morgan fingerprint density at radius 1 is 0.931 bits per heavy atom. The molecule has 3 heterocycles. The van der Waals surface area contributed by atoms with Crippen molar-refractivity contribution < 1.29 is 0 Å². The first-order chi connectivity index (χ1) is 14.3. The number of nitrogens with zero attached hydrogens (tertiary/aromatic N) is 5. The summed E-state index contributed by atoms with van der Waals surface area (Å²) in [5, 5.41) is 6.92. The van der Waals surface area contributed by atoms with Gasteiger partial charge in [0.2, 0.25) is 0 Å². The predicted molar refractivity (Wildman–Crippen MR) is 112 cm³/mol. The van der Waals surface area contributed by atoms with Crippen LogP contribution in [0, 0.1) is 0 Å². The van der Waals surface area contributed by atoms with E-state index in [2.05, 4.69) is 50.1 Å². The van der Waals surface area contributed by atoms with Crippen LogP contribution in [0.4, 0.5) is 0 Å². The maximum absolute atomic E-state index is 12.9. The number of hydrogen-bond acceptors (Lipinski definition) is 4. The molecule has 6 heteroatoms. The summed E-state index contributed by atoms with van der Waals surface area (Å²) in [6.07, 6.45) is 9.59. The second-order valence-electron chi connectivity index (χ2n) is 7.40. The zero-order valence-electron chi connectivity index (χ0n) is 15.6. The van der Waals surface area contributed by atoms with Crippen molar-refractivity contribution in [1.29, 1.82) is 0 Å². The smallest absolute Gasteiger partial charge is 0.282 e. The van der Waals surface area contributed by atoms with Crippen LogP contribution in [0.25, 0.3) is 38.8 Å². The normalized spacial score (nSPS) is 13.9. The average Bonchev–Trinajstić information content (AvgIpc) is 3.52. The number of fused-ring (bicyclic) bond motifs is 2. The topological polar surface area (TPSA) is 65.6 Å². The Kier molecular flexibility index (Phi) is 3.41. The Morgan fingerprint density at radius 3 is 2.62 bits per heavy atom. The van der Waals surface area contributed by atoms with Crippen molar-refractivity contribution in [2.24, 2.45) is 0 Å². The van der Waals surface area contributed by atoms with Crippen molar-refractivity contribution in [1.82, 2.24) is 24.3 Å². The fourth-order valence-electron chi connectivity index (χ4n) is 3.97. The van der Waals surface area contributed by atoms with Crippen molar-refractivity contribution in [3.8, 4) is 17.1 Å². The molecule has 6 nitrogen and oxygen atoms in total. The van der Waals surface area contributed by atoms with E-state index >= 15 is 0 Å². The summed E-state index contributed by atoms with van der Waals surface area (Å²) in [6, 6.07) is 16.9. The third-order valence-electron chi connectivity index (χ3n) is 5.54. The SMILES string of the molecule is O=c1c2ccc(-c3cccc4c3ccn4C3CC3)cc2cnn1-c1ncccn1. The van der Waals surface area contributed by atoms with Crippen molar-refractivity contribution in [3.05, 3.63) is 83.7 Å². The molecule has 0 aliphatic heterocycles. The first-order valence-corrected chi connectivity index (χ1v) is 9.69. The van der Waals surface area contributed by atoms with E-state index in [1.54, 1.807) is 24.7 Å². The van der Waals surface area contributed by atoms with Gasteiger partial charge in [-0.3, -0.25) is 4.79 Å². The van der Waals surface area contributed by atoms with Crippen LogP contribution in [0.2, 0.25) is 0 Å². The van der Waals surface area contributed by atoms with Gasteiger partial charge in [0, 0.05) is 40.9 Å². The van der Waals surface area contributed by atoms with Crippen LogP contribution in [-0.2, 0) is 0 Å². The minimum atomic E-state index is -0.224. The van der Waals surface area contributed by atoms with Crippen molar-refractivity contribution in [2.75, 3.05) is 0 Å². The molecule has 0 spiro atoms. The van der Waals surface area contributed by atoms with E-state index in [1.807, 2.05) is 18.2 Å². The lowest BCUT2D eigenvalue weighted by molar-refractivity contribution is 0.762. The Bertz CT molecular complexity index is 1430. The molecule has 0 amide bonds. The van der Waals surface area contributed by atoms with Gasteiger partial charge in [-0.2, -0.15) is 9.78 Å². The van der Waals surface area contributed by atoms with Gasteiger partial charge in [-0.05, 0) is 54.3 Å². The minimum absolute atomic E-state index is 0.224. The van der Waals surface area contributed by atoms with Gasteiger partial charge in [0.1, 0.15) is 0 Å². The number of benzene rings is 2. The lowest BCUT2D eigenvalue weighted by Gasteiger charge is -2.08. The van der Waals surface area contributed by atoms with Gasteiger partial charge >= 0.3 is 0 Å². The summed E-state index contributed by atoms with van der Waals surface area (Å²) >= 11 is 0. The number of rotatable bonds is 3. The van der Waals surface area contributed by atoms with E-state index in [-0.39, 0.29) is 11.5 Å². The third-order valence-corrected chi connectivity index (χ3v) is 5.54. The van der Waals surface area contributed by atoms with Crippen LogP contribution >= 0.6 is 0 Å². The van der Waals surface area contributed by atoms with Gasteiger partial charge in [-0.25, -0.2) is 9.97 Å². The van der Waals surface area contributed by atoms with E-state index in [9.17, 15) is 4.79 Å². The highest BCUT2D eigenvalue weighted by Gasteiger charge is 2.24. The molecule has 140 valence electrons. The highest BCUT2D eigenvalue weighted by Crippen LogP contribution is 2.39. The summed E-state index contributed by atoms with van der Waals surface area (Å²) in [5.74, 6) is 0.273. The highest BCUT2D eigenvalue weighted by atomic mass is 16.1. The molecule has 1 aliphatic carbocycles. The van der Waals surface area contributed by atoms with Crippen LogP contribution in [0.5, 0.6) is 0 Å². The predicted octanol–water partition coefficient (Wildman–Crippen LogP) is 4.13. The second-order valence-corrected chi connectivity index (χ2v) is 7.40. The summed E-state index contributed by atoms with van der Waals surface area (Å²) in [4.78, 5) is 21.1. The first kappa shape index (κ1) is 16.2. The molecule has 2 aromatic carbocycles. The third kappa shape index (κ3) is 2.56. The van der Waals surface area contributed by atoms with E-state index in [0.29, 0.717) is 11.4 Å². The highest BCUT2D eigenvalue weighted by molar-refractivity contribution is 5.98. The number of aromatic nitrogens is 5. The molecule has 29 heavy (non-hydrogen) atoms. The molecule has 3 aromatic heterocycles. The zero-order chi connectivity index (χ0) is 19.4. The molecule has 0 unspecified atom stereocenters. The Hall–Kier alpha value is -3.80. The minimum Gasteiger partial charge on any atom is -0.344 e. The summed E-state index contributed by atoms with van der Waals surface area (Å²) in [7, 11) is 0. The maximum Gasteiger partial charge on any atom is 0.282 e. The maximum atomic E-state index is 12.9. The molecular weight excluding hydrogens is 362 g/mol. The Balaban J connectivity index is 1.50. The van der Waals surface area contributed by atoms with Crippen LogP contribution < -0.4 is 5.56 Å². The standard InChI is InChI=1S/C23H17N5O/c29-22-19-8-5-15(13-16(19)14-26-28(22)23-24-10-2-11-25-23)18-3-1-4-21-20(18)9-12-27(21)17-6-7-17/h1-5,8-14,17H,6-7H2. The molecule has 0 atom stereocenters. The molecule has 1 fully saturated rings. The van der Waals surface area contributed by atoms with Crippen LogP contribution in [0.15, 0.2) is 78.1 Å². The lowest BCUT2D eigenvalue weighted by atomic mass is 9.99. The van der Waals surface area contributed by atoms with Crippen molar-refractivity contribution in [3.63, 3.8) is 0 Å². The molecule has 0 radical (unpaired) electrons. The largest absolute Gasteiger partial charge is 0.344 e. The fraction of sp³-hybridized carbons (Fsp3) is 0.130. The summed E-state index contributed by atoms with van der Waals surface area (Å²) < 4.78 is 3.61. The summed E-state index contributed by atoms with van der Waals surface area (Å²) in [5.41, 5.74) is 3.28. The van der Waals surface area contributed by atoms with Gasteiger partial charge in [0.05, 0.1) is 11.6 Å². The molecule has 5 aromatic rings. The lowest BCUT2D eigenvalue weighted by Crippen LogP contribution is -2.22. The van der Waals surface area contributed by atoms with E-state index < -0.39 is 0 Å². The van der Waals surface area contributed by atoms with E-state index in [0.717, 1.165) is 10.9 Å². The molecule has 0 bridgehead atoms.